The van der Waals surface area contributed by atoms with Crippen LogP contribution in [0.2, 0.25) is 0 Å². The van der Waals surface area contributed by atoms with Gasteiger partial charge in [-0.15, -0.1) is 5.34 Å². The molecule has 0 atom stereocenters. The summed E-state index contributed by atoms with van der Waals surface area (Å²) in [7, 11) is 2.10. The summed E-state index contributed by atoms with van der Waals surface area (Å²) in [5, 5.41) is 9.00. The van der Waals surface area contributed by atoms with Crippen LogP contribution in [0.15, 0.2) is 35.7 Å². The molecule has 6 nitrogen and oxygen atoms in total. The van der Waals surface area contributed by atoms with E-state index in [1.54, 1.807) is 0 Å². The Morgan fingerprint density at radius 2 is 1.82 bits per heavy atom. The molecule has 1 heterocycles. The molecule has 0 spiro atoms. The molecule has 7 heteroatoms. The summed E-state index contributed by atoms with van der Waals surface area (Å²) in [5.41, 5.74) is 0.653. The minimum absolute atomic E-state index is 0. The molecule has 1 fully saturated rings. The minimum atomic E-state index is -0.441. The molecular weight excluding hydrogens is 295 g/mol. The summed E-state index contributed by atoms with van der Waals surface area (Å²) in [5.74, 6) is -0.0655. The summed E-state index contributed by atoms with van der Waals surface area (Å²) >= 11 is 0. The Bertz CT molecular complexity index is 448. The van der Waals surface area contributed by atoms with Crippen molar-refractivity contribution in [3.63, 3.8) is 0 Å². The minimum Gasteiger partial charge on any atom is -0.465 e. The number of rotatable bonds is 3. The van der Waals surface area contributed by atoms with Gasteiger partial charge in [0.05, 0.1) is 12.0 Å². The van der Waals surface area contributed by atoms with Crippen molar-refractivity contribution in [2.45, 2.75) is 25.2 Å². The predicted molar refractivity (Wildman–Crippen MR) is 80.6 cm³/mol. The van der Waals surface area contributed by atoms with Gasteiger partial charge in [0.2, 0.25) is 0 Å². The third-order valence-electron chi connectivity index (χ3n) is 3.83. The fourth-order valence-electron chi connectivity index (χ4n) is 2.64. The van der Waals surface area contributed by atoms with Gasteiger partial charge in [0.1, 0.15) is 0 Å². The molecule has 0 aliphatic carbocycles. The van der Waals surface area contributed by atoms with E-state index < -0.39 is 5.41 Å². The van der Waals surface area contributed by atoms with Crippen LogP contribution < -0.4 is 29.6 Å². The quantitative estimate of drug-likeness (QED) is 0.324. The van der Waals surface area contributed by atoms with Crippen LogP contribution in [0.25, 0.3) is 0 Å². The fraction of sp³-hybridized carbons (Fsp3) is 0.533. The fourth-order valence-corrected chi connectivity index (χ4v) is 2.64. The maximum Gasteiger partial charge on any atom is 1.00 e. The average molecular weight is 316 g/mol. The summed E-state index contributed by atoms with van der Waals surface area (Å²) in [6.07, 6.45) is 1.68. The van der Waals surface area contributed by atoms with Gasteiger partial charge in [-0.1, -0.05) is 30.3 Å². The van der Waals surface area contributed by atoms with Crippen molar-refractivity contribution in [3.8, 4) is 0 Å². The van der Waals surface area contributed by atoms with Crippen molar-refractivity contribution in [1.29, 1.82) is 0 Å². The number of likely N-dealkylation sites (tertiary alicyclic amines) is 1. The monoisotopic (exact) mass is 316 g/mol. The number of hydrogen-bond donors (Lipinski definition) is 0. The second-order valence-corrected chi connectivity index (χ2v) is 5.05. The summed E-state index contributed by atoms with van der Waals surface area (Å²) in [4.78, 5) is 22.7. The molecular formula is C15H21N2NaO4. The van der Waals surface area contributed by atoms with Crippen molar-refractivity contribution in [1.82, 2.24) is 4.90 Å². The molecule has 0 radical (unpaired) electrons. The van der Waals surface area contributed by atoms with E-state index in [0.29, 0.717) is 6.61 Å². The number of esters is 1. The number of ether oxygens (including phenoxy) is 1. The van der Waals surface area contributed by atoms with Crippen molar-refractivity contribution in [3.05, 3.63) is 46.0 Å². The Morgan fingerprint density at radius 3 is 2.27 bits per heavy atom. The number of carbonyl (C=O) groups is 1. The summed E-state index contributed by atoms with van der Waals surface area (Å²) < 4.78 is 5.32. The molecule has 1 saturated heterocycles. The zero-order valence-electron chi connectivity index (χ0n) is 13.4. The van der Waals surface area contributed by atoms with E-state index in [4.69, 9.17) is 14.9 Å². The van der Waals surface area contributed by atoms with Crippen LogP contribution in [0.5, 0.6) is 0 Å². The van der Waals surface area contributed by atoms with Crippen molar-refractivity contribution in [2.24, 2.45) is 5.34 Å². The van der Waals surface area contributed by atoms with Crippen LogP contribution in [0.4, 0.5) is 0 Å². The molecule has 2 rings (SSSR count). The first-order valence-electron chi connectivity index (χ1n) is 6.97. The van der Waals surface area contributed by atoms with Gasteiger partial charge >= 0.3 is 35.5 Å². The third-order valence-corrected chi connectivity index (χ3v) is 3.83. The van der Waals surface area contributed by atoms with Crippen molar-refractivity contribution >= 4 is 5.97 Å². The number of hydrogen-bond acceptors (Lipinski definition) is 6. The standard InChI is InChI=1S/C15H21NO2.HNO2.Na/c1-3-18-14(17)15(9-11-16(2)12-10-15)13-7-5-4-6-8-13;2-1-3;/h4-8H,3,9-12H2,1-2H3;(H,2,3);/q;;+1/p-1. The first-order chi connectivity index (χ1) is 10.1. The van der Waals surface area contributed by atoms with E-state index in [2.05, 4.69) is 11.9 Å². The molecule has 0 aromatic heterocycles. The molecule has 0 unspecified atom stereocenters. The normalized spacial score (nSPS) is 16.5. The first kappa shape index (κ1) is 21.0. The van der Waals surface area contributed by atoms with Crippen LogP contribution in [-0.2, 0) is 14.9 Å². The molecule has 22 heavy (non-hydrogen) atoms. The Hall–Kier alpha value is -0.950. The molecule has 1 aromatic carbocycles. The zero-order valence-corrected chi connectivity index (χ0v) is 15.4. The number of benzene rings is 1. The van der Waals surface area contributed by atoms with Gasteiger partial charge in [-0.25, -0.2) is 0 Å². The Labute approximate surface area is 153 Å². The van der Waals surface area contributed by atoms with Gasteiger partial charge in [0.25, 0.3) is 0 Å². The summed E-state index contributed by atoms with van der Waals surface area (Å²) in [6.45, 7) is 4.19. The van der Waals surface area contributed by atoms with Crippen LogP contribution in [0.3, 0.4) is 0 Å². The van der Waals surface area contributed by atoms with Gasteiger partial charge in [-0.2, -0.15) is 0 Å². The maximum atomic E-state index is 12.4. The van der Waals surface area contributed by atoms with Gasteiger partial charge in [0, 0.05) is 0 Å². The SMILES string of the molecule is CCOC(=O)C1(c2ccccc2)CCN(C)CC1.O=N[O-].[Na+]. The number of nitrogens with zero attached hydrogens (tertiary/aromatic N) is 2. The second-order valence-electron chi connectivity index (χ2n) is 5.05. The van der Waals surface area contributed by atoms with E-state index in [1.807, 2.05) is 37.3 Å². The van der Waals surface area contributed by atoms with Crippen LogP contribution >= 0.6 is 0 Å². The first-order valence-corrected chi connectivity index (χ1v) is 6.97. The van der Waals surface area contributed by atoms with Gasteiger partial charge < -0.3 is 19.8 Å². The zero-order chi connectivity index (χ0) is 15.7. The van der Waals surface area contributed by atoms with Crippen molar-refractivity contribution < 1.29 is 39.1 Å². The summed E-state index contributed by atoms with van der Waals surface area (Å²) in [6, 6.07) is 10.1. The van der Waals surface area contributed by atoms with E-state index in [0.717, 1.165) is 36.8 Å². The van der Waals surface area contributed by atoms with Gasteiger partial charge in [-0.3, -0.25) is 4.79 Å². The predicted octanol–water partition coefficient (Wildman–Crippen LogP) is -0.532. The largest absolute Gasteiger partial charge is 1.00 e. The molecule has 116 valence electrons. The Balaban J connectivity index is 0.00000102. The Kier molecular flexibility index (Phi) is 10.3. The van der Waals surface area contributed by atoms with Crippen LogP contribution in [0, 0.1) is 10.1 Å². The number of carbonyl (C=O) groups excluding carboxylic acids is 1. The molecule has 1 aliphatic rings. The molecule has 0 N–H and O–H groups in total. The Morgan fingerprint density at radius 1 is 1.32 bits per heavy atom. The molecule has 1 aliphatic heterocycles. The van der Waals surface area contributed by atoms with E-state index in [1.165, 1.54) is 0 Å². The van der Waals surface area contributed by atoms with Gasteiger partial charge in [-0.05, 0) is 45.5 Å². The van der Waals surface area contributed by atoms with Crippen LogP contribution in [-0.4, -0.2) is 37.6 Å². The van der Waals surface area contributed by atoms with E-state index in [9.17, 15) is 4.79 Å². The molecule has 0 bridgehead atoms. The topological polar surface area (TPSA) is 82.0 Å². The molecule has 1 aromatic rings. The van der Waals surface area contributed by atoms with E-state index >= 15 is 0 Å². The third kappa shape index (κ3) is 5.35. The smallest absolute Gasteiger partial charge is 0.465 e. The van der Waals surface area contributed by atoms with Crippen LogP contribution in [0.1, 0.15) is 25.3 Å². The maximum absolute atomic E-state index is 12.4. The molecule has 0 amide bonds. The average Bonchev–Trinajstić information content (AvgIpc) is 2.50. The van der Waals surface area contributed by atoms with E-state index in [-0.39, 0.29) is 35.5 Å². The van der Waals surface area contributed by atoms with Crippen molar-refractivity contribution in [2.75, 3.05) is 26.7 Å². The number of piperidine rings is 1. The second kappa shape index (κ2) is 10.7. The molecule has 0 saturated carbocycles. The van der Waals surface area contributed by atoms with Gasteiger partial charge in [0.15, 0.2) is 0 Å².